The number of benzene rings is 1. The van der Waals surface area contributed by atoms with E-state index in [2.05, 4.69) is 19.0 Å². The smallest absolute Gasteiger partial charge is 0.253 e. The lowest BCUT2D eigenvalue weighted by molar-refractivity contribution is -0.0493. The van der Waals surface area contributed by atoms with Crippen molar-refractivity contribution in [1.29, 1.82) is 0 Å². The van der Waals surface area contributed by atoms with Crippen molar-refractivity contribution in [2.45, 2.75) is 37.8 Å². The van der Waals surface area contributed by atoms with Gasteiger partial charge >= 0.3 is 0 Å². The Balaban J connectivity index is 1.43. The molecule has 1 aromatic carbocycles. The molecule has 0 aromatic heterocycles. The Bertz CT molecular complexity index is 722. The number of hydrogen-bond donors (Lipinski definition) is 0. The molecule has 6 heteroatoms. The molecule has 0 bridgehead atoms. The lowest BCUT2D eigenvalue weighted by Gasteiger charge is -2.41. The van der Waals surface area contributed by atoms with Crippen LogP contribution in [0.25, 0.3) is 0 Å². The summed E-state index contributed by atoms with van der Waals surface area (Å²) in [6, 6.07) is 5.72. The van der Waals surface area contributed by atoms with Gasteiger partial charge in [0.15, 0.2) is 0 Å². The average Bonchev–Trinajstić information content (AvgIpc) is 3.42. The predicted octanol–water partition coefficient (Wildman–Crippen LogP) is 3.56. The molecule has 0 unspecified atom stereocenters. The van der Waals surface area contributed by atoms with E-state index in [1.807, 2.05) is 4.90 Å². The summed E-state index contributed by atoms with van der Waals surface area (Å²) in [5.41, 5.74) is 0.634. The molecule has 28 heavy (non-hydrogen) atoms. The Hall–Kier alpha value is -1.30. The maximum Gasteiger partial charge on any atom is 0.253 e. The van der Waals surface area contributed by atoms with Crippen molar-refractivity contribution in [2.24, 2.45) is 17.8 Å². The quantitative estimate of drug-likeness (QED) is 0.724. The summed E-state index contributed by atoms with van der Waals surface area (Å²) in [5.74, 6) is 2.51. The fourth-order valence-electron chi connectivity index (χ4n) is 4.80. The van der Waals surface area contributed by atoms with Crippen LogP contribution in [-0.4, -0.2) is 68.8 Å². The average molecular weight is 407 g/mol. The van der Waals surface area contributed by atoms with Gasteiger partial charge in [0.1, 0.15) is 5.75 Å². The monoisotopic (exact) mass is 406 g/mol. The number of methoxy groups -OCH3 is 1. The highest BCUT2D eigenvalue weighted by Crippen LogP contribution is 2.40. The summed E-state index contributed by atoms with van der Waals surface area (Å²) in [4.78, 5) is 17.4. The van der Waals surface area contributed by atoms with Crippen molar-refractivity contribution in [2.75, 3.05) is 40.9 Å². The van der Waals surface area contributed by atoms with Gasteiger partial charge in [0.05, 0.1) is 18.2 Å². The Morgan fingerprint density at radius 1 is 1.21 bits per heavy atom. The number of fused-ring (bicyclic) bond motifs is 1. The van der Waals surface area contributed by atoms with E-state index in [0.717, 1.165) is 38.5 Å². The van der Waals surface area contributed by atoms with E-state index in [-0.39, 0.29) is 12.0 Å². The molecule has 1 aliphatic heterocycles. The SMILES string of the molecule is COc1ccc(C(=O)N2C[C@H]3C[C@@H](N(C)C)[C@H](OCC4CC4)C[C@H]3C2)cc1Cl. The van der Waals surface area contributed by atoms with Gasteiger partial charge in [-0.1, -0.05) is 11.6 Å². The number of likely N-dealkylation sites (N-methyl/N-ethyl adjacent to an activating group) is 1. The van der Waals surface area contributed by atoms with Gasteiger partial charge in [-0.2, -0.15) is 0 Å². The fourth-order valence-corrected chi connectivity index (χ4v) is 5.06. The van der Waals surface area contributed by atoms with Crippen molar-refractivity contribution in [1.82, 2.24) is 9.80 Å². The summed E-state index contributed by atoms with van der Waals surface area (Å²) < 4.78 is 11.5. The van der Waals surface area contributed by atoms with E-state index in [4.69, 9.17) is 21.1 Å². The maximum atomic E-state index is 13.0. The molecule has 1 amide bonds. The maximum absolute atomic E-state index is 13.0. The third-order valence-electron chi connectivity index (χ3n) is 6.68. The molecule has 2 aliphatic carbocycles. The van der Waals surface area contributed by atoms with Crippen LogP contribution in [0.4, 0.5) is 0 Å². The molecule has 3 fully saturated rings. The van der Waals surface area contributed by atoms with Crippen LogP contribution in [-0.2, 0) is 4.74 Å². The van der Waals surface area contributed by atoms with Gasteiger partial charge in [0.25, 0.3) is 5.91 Å². The minimum atomic E-state index is 0.0656. The zero-order valence-electron chi connectivity index (χ0n) is 17.1. The predicted molar refractivity (Wildman–Crippen MR) is 110 cm³/mol. The fraction of sp³-hybridized carbons (Fsp3) is 0.682. The highest BCUT2D eigenvalue weighted by atomic mass is 35.5. The lowest BCUT2D eigenvalue weighted by Crippen LogP contribution is -2.48. The second kappa shape index (κ2) is 8.21. The van der Waals surface area contributed by atoms with Crippen molar-refractivity contribution in [3.05, 3.63) is 28.8 Å². The van der Waals surface area contributed by atoms with Crippen LogP contribution in [0.15, 0.2) is 18.2 Å². The third-order valence-corrected chi connectivity index (χ3v) is 6.97. The van der Waals surface area contributed by atoms with Crippen molar-refractivity contribution in [3.63, 3.8) is 0 Å². The van der Waals surface area contributed by atoms with Crippen LogP contribution in [0.2, 0.25) is 5.02 Å². The van der Waals surface area contributed by atoms with Crippen LogP contribution < -0.4 is 4.74 Å². The number of carbonyl (C=O) groups excluding carboxylic acids is 1. The summed E-state index contributed by atoms with van der Waals surface area (Å²) in [6.45, 7) is 2.54. The van der Waals surface area contributed by atoms with Crippen molar-refractivity contribution >= 4 is 17.5 Å². The van der Waals surface area contributed by atoms with E-state index in [0.29, 0.717) is 34.2 Å². The molecular weight excluding hydrogens is 376 g/mol. The van der Waals surface area contributed by atoms with E-state index in [1.54, 1.807) is 25.3 Å². The summed E-state index contributed by atoms with van der Waals surface area (Å²) >= 11 is 6.22. The highest BCUT2D eigenvalue weighted by Gasteiger charge is 2.45. The molecule has 154 valence electrons. The van der Waals surface area contributed by atoms with Gasteiger partial charge in [-0.25, -0.2) is 0 Å². The number of rotatable bonds is 6. The Morgan fingerprint density at radius 2 is 1.93 bits per heavy atom. The third kappa shape index (κ3) is 4.17. The molecule has 1 heterocycles. The van der Waals surface area contributed by atoms with Gasteiger partial charge in [0.2, 0.25) is 0 Å². The first-order valence-corrected chi connectivity index (χ1v) is 10.7. The van der Waals surface area contributed by atoms with Gasteiger partial charge < -0.3 is 19.3 Å². The van der Waals surface area contributed by atoms with E-state index < -0.39 is 0 Å². The molecule has 0 spiro atoms. The molecule has 5 nitrogen and oxygen atoms in total. The van der Waals surface area contributed by atoms with E-state index in [1.165, 1.54) is 12.8 Å². The first kappa shape index (κ1) is 20.0. The minimum Gasteiger partial charge on any atom is -0.495 e. The van der Waals surface area contributed by atoms with Crippen molar-refractivity contribution < 1.29 is 14.3 Å². The summed E-state index contributed by atoms with van der Waals surface area (Å²) in [6.07, 6.45) is 5.06. The molecule has 1 aromatic rings. The molecular formula is C22H31ClN2O3. The lowest BCUT2D eigenvalue weighted by atomic mass is 9.77. The largest absolute Gasteiger partial charge is 0.495 e. The van der Waals surface area contributed by atoms with Crippen LogP contribution in [0.3, 0.4) is 0 Å². The molecule has 4 rings (SSSR count). The van der Waals surface area contributed by atoms with Gasteiger partial charge in [0, 0.05) is 31.3 Å². The normalized spacial score (nSPS) is 29.8. The topological polar surface area (TPSA) is 42.0 Å². The van der Waals surface area contributed by atoms with Gasteiger partial charge in [-0.05, 0) is 75.7 Å². The highest BCUT2D eigenvalue weighted by molar-refractivity contribution is 6.32. The van der Waals surface area contributed by atoms with Crippen LogP contribution in [0.1, 0.15) is 36.0 Å². The number of amides is 1. The minimum absolute atomic E-state index is 0.0656. The number of halogens is 1. The Morgan fingerprint density at radius 3 is 2.54 bits per heavy atom. The summed E-state index contributed by atoms with van der Waals surface area (Å²) in [7, 11) is 5.88. The number of carbonyl (C=O) groups is 1. The number of hydrogen-bond acceptors (Lipinski definition) is 4. The van der Waals surface area contributed by atoms with Crippen molar-refractivity contribution in [3.8, 4) is 5.75 Å². The van der Waals surface area contributed by atoms with E-state index >= 15 is 0 Å². The second-order valence-electron chi connectivity index (χ2n) is 8.90. The van der Waals surface area contributed by atoms with Crippen LogP contribution in [0.5, 0.6) is 5.75 Å². The number of likely N-dealkylation sites (tertiary alicyclic amines) is 1. The van der Waals surface area contributed by atoms with Crippen LogP contribution in [0, 0.1) is 17.8 Å². The number of ether oxygens (including phenoxy) is 2. The zero-order valence-corrected chi connectivity index (χ0v) is 17.8. The Kier molecular flexibility index (Phi) is 5.86. The first-order valence-electron chi connectivity index (χ1n) is 10.4. The Labute approximate surface area is 172 Å². The first-order chi connectivity index (χ1) is 13.5. The molecule has 4 atom stereocenters. The van der Waals surface area contributed by atoms with Gasteiger partial charge in [-0.15, -0.1) is 0 Å². The molecule has 0 radical (unpaired) electrons. The molecule has 3 aliphatic rings. The van der Waals surface area contributed by atoms with Crippen LogP contribution >= 0.6 is 11.6 Å². The molecule has 1 saturated heterocycles. The van der Waals surface area contributed by atoms with Gasteiger partial charge in [-0.3, -0.25) is 4.79 Å². The standard InChI is InChI=1S/C22H31ClN2O3/c1-24(2)19-9-16-11-25(12-17(16)10-21(19)28-13-14-4-5-14)22(26)15-6-7-20(27-3)18(23)8-15/h6-8,14,16-17,19,21H,4-5,9-13H2,1-3H3/t16-,17+,19-,21-/m1/s1. The van der Waals surface area contributed by atoms with E-state index in [9.17, 15) is 4.79 Å². The zero-order chi connectivity index (χ0) is 19.8. The molecule has 2 saturated carbocycles. The second-order valence-corrected chi connectivity index (χ2v) is 9.30. The summed E-state index contributed by atoms with van der Waals surface area (Å²) in [5, 5.41) is 0.478. The molecule has 0 N–H and O–H groups in total. The number of nitrogens with zero attached hydrogens (tertiary/aromatic N) is 2.